The second kappa shape index (κ2) is 6.72. The van der Waals surface area contributed by atoms with Crippen LogP contribution in [0.4, 0.5) is 0 Å². The van der Waals surface area contributed by atoms with E-state index in [1.54, 1.807) is 24.3 Å². The SMILES string of the molecule is COc1cccc(S(=O)CC(=O)c2cc(Cl)sc2Cl)c1. The number of methoxy groups -OCH3 is 1. The summed E-state index contributed by atoms with van der Waals surface area (Å²) < 4.78 is 18.0. The Kier molecular flexibility index (Phi) is 5.21. The van der Waals surface area contributed by atoms with Gasteiger partial charge in [0.1, 0.15) is 10.1 Å². The van der Waals surface area contributed by atoms with Crippen LogP contribution in [0.5, 0.6) is 5.75 Å². The number of rotatable bonds is 5. The quantitative estimate of drug-likeness (QED) is 0.765. The van der Waals surface area contributed by atoms with Crippen molar-refractivity contribution in [3.63, 3.8) is 0 Å². The van der Waals surface area contributed by atoms with Gasteiger partial charge < -0.3 is 4.74 Å². The zero-order chi connectivity index (χ0) is 14.7. The van der Waals surface area contributed by atoms with Crippen molar-refractivity contribution in [2.75, 3.05) is 12.9 Å². The fourth-order valence-electron chi connectivity index (χ4n) is 1.55. The lowest BCUT2D eigenvalue weighted by Crippen LogP contribution is -2.10. The molecule has 0 spiro atoms. The van der Waals surface area contributed by atoms with Gasteiger partial charge in [0.25, 0.3) is 0 Å². The molecule has 106 valence electrons. The molecule has 1 aromatic carbocycles. The lowest BCUT2D eigenvalue weighted by Gasteiger charge is -2.04. The van der Waals surface area contributed by atoms with Crippen LogP contribution in [0.25, 0.3) is 0 Å². The van der Waals surface area contributed by atoms with Gasteiger partial charge in [-0.25, -0.2) is 0 Å². The minimum absolute atomic E-state index is 0.139. The molecule has 2 aromatic rings. The van der Waals surface area contributed by atoms with Crippen LogP contribution in [-0.4, -0.2) is 22.9 Å². The number of ketones is 1. The number of hydrogen-bond acceptors (Lipinski definition) is 4. The molecule has 20 heavy (non-hydrogen) atoms. The number of hydrogen-bond donors (Lipinski definition) is 0. The zero-order valence-corrected chi connectivity index (χ0v) is 13.5. The number of carbonyl (C=O) groups is 1. The second-order valence-corrected chi connectivity index (χ2v) is 7.57. The molecule has 1 unspecified atom stereocenters. The predicted molar refractivity (Wildman–Crippen MR) is 82.9 cm³/mol. The van der Waals surface area contributed by atoms with Crippen molar-refractivity contribution in [3.05, 3.63) is 44.6 Å². The van der Waals surface area contributed by atoms with Crippen LogP contribution < -0.4 is 4.74 Å². The molecule has 0 aliphatic rings. The Bertz CT molecular complexity index is 667. The van der Waals surface area contributed by atoms with Gasteiger partial charge in [-0.05, 0) is 24.3 Å². The zero-order valence-electron chi connectivity index (χ0n) is 10.4. The average molecular weight is 349 g/mol. The Morgan fingerprint density at radius 3 is 2.70 bits per heavy atom. The van der Waals surface area contributed by atoms with Crippen LogP contribution in [0.3, 0.4) is 0 Å². The Balaban J connectivity index is 2.15. The maximum Gasteiger partial charge on any atom is 0.178 e. The summed E-state index contributed by atoms with van der Waals surface area (Å²) in [5.74, 6) is 0.166. The van der Waals surface area contributed by atoms with E-state index in [1.807, 2.05) is 0 Å². The Morgan fingerprint density at radius 1 is 1.35 bits per heavy atom. The number of ether oxygens (including phenoxy) is 1. The van der Waals surface area contributed by atoms with Crippen LogP contribution >= 0.6 is 34.5 Å². The molecule has 1 aromatic heterocycles. The maximum atomic E-state index is 12.2. The Hall–Kier alpha value is -0.880. The van der Waals surface area contributed by atoms with E-state index < -0.39 is 10.8 Å². The summed E-state index contributed by atoms with van der Waals surface area (Å²) in [6.07, 6.45) is 0. The number of thiophene rings is 1. The molecular formula is C13H10Cl2O3S2. The Labute approximate surface area is 132 Å². The summed E-state index contributed by atoms with van der Waals surface area (Å²) in [7, 11) is 0.0766. The van der Waals surface area contributed by atoms with E-state index in [1.165, 1.54) is 13.2 Å². The van der Waals surface area contributed by atoms with E-state index in [2.05, 4.69) is 0 Å². The summed E-state index contributed by atoms with van der Waals surface area (Å²) in [4.78, 5) is 12.6. The molecule has 0 saturated heterocycles. The minimum Gasteiger partial charge on any atom is -0.497 e. The van der Waals surface area contributed by atoms with Crippen molar-refractivity contribution in [2.45, 2.75) is 4.90 Å². The molecule has 0 aliphatic heterocycles. The summed E-state index contributed by atoms with van der Waals surface area (Å²) in [6.45, 7) is 0. The fourth-order valence-corrected chi connectivity index (χ4v) is 4.09. The first-order valence-corrected chi connectivity index (χ1v) is 8.41. The van der Waals surface area contributed by atoms with Gasteiger partial charge in [-0.2, -0.15) is 0 Å². The smallest absolute Gasteiger partial charge is 0.178 e. The van der Waals surface area contributed by atoms with Gasteiger partial charge in [0, 0.05) is 10.5 Å². The predicted octanol–water partition coefficient (Wildman–Crippen LogP) is 4.05. The number of Topliss-reactive ketones (excluding diaryl/α,β-unsaturated/α-hetero) is 1. The van der Waals surface area contributed by atoms with Crippen molar-refractivity contribution >= 4 is 51.1 Å². The first-order valence-electron chi connectivity index (χ1n) is 5.51. The summed E-state index contributed by atoms with van der Waals surface area (Å²) >= 11 is 12.8. The third-order valence-corrected chi connectivity index (χ3v) is 5.32. The van der Waals surface area contributed by atoms with E-state index in [-0.39, 0.29) is 11.5 Å². The second-order valence-electron chi connectivity index (χ2n) is 3.83. The molecule has 1 heterocycles. The van der Waals surface area contributed by atoms with E-state index in [0.29, 0.717) is 24.9 Å². The largest absolute Gasteiger partial charge is 0.497 e. The first kappa shape index (κ1) is 15.5. The monoisotopic (exact) mass is 348 g/mol. The van der Waals surface area contributed by atoms with E-state index in [9.17, 15) is 9.00 Å². The number of carbonyl (C=O) groups excluding carboxylic acids is 1. The lowest BCUT2D eigenvalue weighted by atomic mass is 10.2. The van der Waals surface area contributed by atoms with Crippen molar-refractivity contribution < 1.29 is 13.7 Å². The van der Waals surface area contributed by atoms with Gasteiger partial charge in [0.15, 0.2) is 5.78 Å². The molecule has 0 aliphatic carbocycles. The number of benzene rings is 1. The molecule has 3 nitrogen and oxygen atoms in total. The molecule has 0 fully saturated rings. The molecular weight excluding hydrogens is 339 g/mol. The topological polar surface area (TPSA) is 43.4 Å². The van der Waals surface area contributed by atoms with Gasteiger partial charge in [0.2, 0.25) is 0 Å². The van der Waals surface area contributed by atoms with Crippen molar-refractivity contribution in [2.24, 2.45) is 0 Å². The summed E-state index contributed by atoms with van der Waals surface area (Å²) in [5, 5.41) is 0. The molecule has 0 bridgehead atoms. The molecule has 1 atom stereocenters. The molecule has 0 N–H and O–H groups in total. The Morgan fingerprint density at radius 2 is 2.10 bits per heavy atom. The fraction of sp³-hybridized carbons (Fsp3) is 0.154. The highest BCUT2D eigenvalue weighted by Gasteiger charge is 2.18. The standard InChI is InChI=1S/C13H10Cl2O3S2/c1-18-8-3-2-4-9(5-8)20(17)7-11(16)10-6-12(14)19-13(10)15/h2-6H,7H2,1H3. The van der Waals surface area contributed by atoms with Gasteiger partial charge in [-0.3, -0.25) is 9.00 Å². The molecule has 7 heteroatoms. The summed E-state index contributed by atoms with van der Waals surface area (Å²) in [5.41, 5.74) is 0.318. The van der Waals surface area contributed by atoms with E-state index in [4.69, 9.17) is 27.9 Å². The normalized spacial score (nSPS) is 12.2. The highest BCUT2D eigenvalue weighted by Crippen LogP contribution is 2.31. The molecule has 0 amide bonds. The van der Waals surface area contributed by atoms with Crippen LogP contribution in [0, 0.1) is 0 Å². The van der Waals surface area contributed by atoms with Crippen molar-refractivity contribution in [3.8, 4) is 5.75 Å². The third-order valence-electron chi connectivity index (χ3n) is 2.52. The van der Waals surface area contributed by atoms with Gasteiger partial charge in [-0.15, -0.1) is 11.3 Å². The van der Waals surface area contributed by atoms with Crippen molar-refractivity contribution in [1.29, 1.82) is 0 Å². The molecule has 0 saturated carbocycles. The third kappa shape index (κ3) is 3.61. The molecule has 2 rings (SSSR count). The van der Waals surface area contributed by atoms with Crippen molar-refractivity contribution in [1.82, 2.24) is 0 Å². The number of halogens is 2. The highest BCUT2D eigenvalue weighted by atomic mass is 35.5. The first-order chi connectivity index (χ1) is 9.51. The van der Waals surface area contributed by atoms with Gasteiger partial charge in [0.05, 0.1) is 28.0 Å². The summed E-state index contributed by atoms with van der Waals surface area (Å²) in [6, 6.07) is 8.31. The van der Waals surface area contributed by atoms with E-state index >= 15 is 0 Å². The van der Waals surface area contributed by atoms with E-state index in [0.717, 1.165) is 11.3 Å². The minimum atomic E-state index is -1.45. The molecule has 0 radical (unpaired) electrons. The average Bonchev–Trinajstić information content (AvgIpc) is 2.77. The highest BCUT2D eigenvalue weighted by molar-refractivity contribution is 7.85. The lowest BCUT2D eigenvalue weighted by molar-refractivity contribution is 0.102. The van der Waals surface area contributed by atoms with Gasteiger partial charge >= 0.3 is 0 Å². The van der Waals surface area contributed by atoms with Crippen LogP contribution in [0.15, 0.2) is 35.2 Å². The van der Waals surface area contributed by atoms with Crippen LogP contribution in [0.2, 0.25) is 8.67 Å². The van der Waals surface area contributed by atoms with Crippen LogP contribution in [0.1, 0.15) is 10.4 Å². The van der Waals surface area contributed by atoms with Crippen LogP contribution in [-0.2, 0) is 10.8 Å². The maximum absolute atomic E-state index is 12.2. The van der Waals surface area contributed by atoms with Gasteiger partial charge in [-0.1, -0.05) is 29.3 Å².